The molecule has 0 fully saturated rings. The molecule has 0 unspecified atom stereocenters. The van der Waals surface area contributed by atoms with Gasteiger partial charge in [-0.1, -0.05) is 0 Å². The third-order valence-electron chi connectivity index (χ3n) is 2.11. The summed E-state index contributed by atoms with van der Waals surface area (Å²) in [4.78, 5) is 18.7. The van der Waals surface area contributed by atoms with Crippen molar-refractivity contribution in [2.24, 2.45) is 5.73 Å². The lowest BCUT2D eigenvalue weighted by Gasteiger charge is -2.18. The van der Waals surface area contributed by atoms with Crippen LogP contribution in [0.25, 0.3) is 0 Å². The molecule has 9 heteroatoms. The number of likely N-dealkylation sites (N-methyl/N-ethyl adjacent to an activating group) is 1. The molecule has 0 aliphatic rings. The lowest BCUT2D eigenvalue weighted by molar-refractivity contribution is -0.144. The van der Waals surface area contributed by atoms with Gasteiger partial charge in [-0.15, -0.1) is 0 Å². The molecule has 106 valence electrons. The topological polar surface area (TPSA) is 84.1 Å². The third-order valence-corrected chi connectivity index (χ3v) is 2.11. The summed E-state index contributed by atoms with van der Waals surface area (Å²) >= 11 is 0. The Balaban J connectivity index is 3.16. The van der Waals surface area contributed by atoms with Gasteiger partial charge in [0.15, 0.2) is 0 Å². The second-order valence-corrected chi connectivity index (χ2v) is 3.79. The average Bonchev–Trinajstić information content (AvgIpc) is 2.27. The highest BCUT2D eigenvalue weighted by atomic mass is 19.4. The molecule has 0 aliphatic carbocycles. The minimum Gasteiger partial charge on any atom is -0.370 e. The van der Waals surface area contributed by atoms with Gasteiger partial charge in [-0.25, -0.2) is 9.97 Å². The molecule has 1 aromatic heterocycles. The first-order valence-corrected chi connectivity index (χ1v) is 5.43. The second-order valence-electron chi connectivity index (χ2n) is 3.79. The van der Waals surface area contributed by atoms with Crippen LogP contribution in [-0.4, -0.2) is 36.0 Å². The number of nitrogens with one attached hydrogen (secondary N) is 1. The van der Waals surface area contributed by atoms with Crippen LogP contribution in [0.4, 0.5) is 24.8 Å². The first kappa shape index (κ1) is 15.0. The Morgan fingerprint density at radius 2 is 2.11 bits per heavy atom. The van der Waals surface area contributed by atoms with E-state index in [4.69, 9.17) is 5.73 Å². The maximum absolute atomic E-state index is 12.7. The van der Waals surface area contributed by atoms with Crippen LogP contribution < -0.4 is 16.0 Å². The minimum atomic E-state index is -4.66. The molecule has 0 bridgehead atoms. The Labute approximate surface area is 107 Å². The van der Waals surface area contributed by atoms with E-state index in [-0.39, 0.29) is 18.2 Å². The number of carbonyl (C=O) groups excluding carboxylic acids is 1. The van der Waals surface area contributed by atoms with E-state index >= 15 is 0 Å². The van der Waals surface area contributed by atoms with Gasteiger partial charge >= 0.3 is 6.18 Å². The number of primary amides is 1. The van der Waals surface area contributed by atoms with Crippen molar-refractivity contribution in [1.82, 2.24) is 9.97 Å². The van der Waals surface area contributed by atoms with Crippen LogP contribution in [0.3, 0.4) is 0 Å². The highest BCUT2D eigenvalue weighted by molar-refractivity contribution is 5.79. The molecule has 0 aliphatic heterocycles. The van der Waals surface area contributed by atoms with E-state index in [1.54, 1.807) is 6.92 Å². The van der Waals surface area contributed by atoms with Crippen molar-refractivity contribution in [1.29, 1.82) is 0 Å². The number of hydrogen-bond donors (Lipinski definition) is 2. The van der Waals surface area contributed by atoms with Gasteiger partial charge in [0.2, 0.25) is 11.7 Å². The van der Waals surface area contributed by atoms with Crippen LogP contribution in [0.1, 0.15) is 12.7 Å². The minimum absolute atomic E-state index is 0.0305. The first-order chi connectivity index (χ1) is 8.74. The van der Waals surface area contributed by atoms with Crippen molar-refractivity contribution in [2.75, 3.05) is 30.4 Å². The number of amides is 1. The zero-order chi connectivity index (χ0) is 14.6. The van der Waals surface area contributed by atoms with E-state index in [0.717, 1.165) is 0 Å². The number of alkyl halides is 3. The Morgan fingerprint density at radius 3 is 2.58 bits per heavy atom. The molecule has 0 spiro atoms. The molecule has 3 N–H and O–H groups in total. The van der Waals surface area contributed by atoms with E-state index in [9.17, 15) is 18.0 Å². The van der Waals surface area contributed by atoms with Crippen LogP contribution in [0.15, 0.2) is 6.07 Å². The van der Waals surface area contributed by atoms with Crippen LogP contribution in [0.2, 0.25) is 0 Å². The molecule has 0 radical (unpaired) electrons. The van der Waals surface area contributed by atoms with Gasteiger partial charge in [-0.3, -0.25) is 4.79 Å². The largest absolute Gasteiger partial charge is 0.451 e. The van der Waals surface area contributed by atoms with E-state index in [0.29, 0.717) is 6.54 Å². The normalized spacial score (nSPS) is 11.2. The molecule has 0 atom stereocenters. The summed E-state index contributed by atoms with van der Waals surface area (Å²) in [5.74, 6) is -1.93. The third kappa shape index (κ3) is 4.27. The van der Waals surface area contributed by atoms with Gasteiger partial charge in [0, 0.05) is 19.7 Å². The summed E-state index contributed by atoms with van der Waals surface area (Å²) in [5, 5.41) is 2.67. The van der Waals surface area contributed by atoms with Crippen LogP contribution in [0.5, 0.6) is 0 Å². The summed E-state index contributed by atoms with van der Waals surface area (Å²) in [5.41, 5.74) is 4.99. The summed E-state index contributed by atoms with van der Waals surface area (Å²) in [7, 11) is 1.42. The van der Waals surface area contributed by atoms with Crippen molar-refractivity contribution in [3.05, 3.63) is 11.9 Å². The molecular weight excluding hydrogens is 263 g/mol. The van der Waals surface area contributed by atoms with Gasteiger partial charge in [0.1, 0.15) is 11.6 Å². The lowest BCUT2D eigenvalue weighted by atomic mass is 10.4. The number of hydrogen-bond acceptors (Lipinski definition) is 5. The van der Waals surface area contributed by atoms with Gasteiger partial charge in [0.25, 0.3) is 0 Å². The average molecular weight is 277 g/mol. The Morgan fingerprint density at radius 1 is 1.47 bits per heavy atom. The van der Waals surface area contributed by atoms with Crippen molar-refractivity contribution < 1.29 is 18.0 Å². The molecule has 0 aromatic carbocycles. The van der Waals surface area contributed by atoms with E-state index in [1.165, 1.54) is 18.0 Å². The molecule has 1 aromatic rings. The van der Waals surface area contributed by atoms with Crippen molar-refractivity contribution in [3.8, 4) is 0 Å². The van der Waals surface area contributed by atoms with Crippen LogP contribution in [-0.2, 0) is 11.0 Å². The van der Waals surface area contributed by atoms with Crippen molar-refractivity contribution >= 4 is 17.5 Å². The number of carbonyl (C=O) groups is 1. The number of anilines is 2. The van der Waals surface area contributed by atoms with Crippen LogP contribution >= 0.6 is 0 Å². The smallest absolute Gasteiger partial charge is 0.370 e. The Bertz CT molecular complexity index is 463. The predicted molar refractivity (Wildman–Crippen MR) is 63.7 cm³/mol. The van der Waals surface area contributed by atoms with Crippen LogP contribution in [0, 0.1) is 0 Å². The van der Waals surface area contributed by atoms with Crippen molar-refractivity contribution in [3.63, 3.8) is 0 Å². The van der Waals surface area contributed by atoms with Gasteiger partial charge in [-0.2, -0.15) is 13.2 Å². The fraction of sp³-hybridized carbons (Fsp3) is 0.500. The molecule has 0 saturated heterocycles. The van der Waals surface area contributed by atoms with Gasteiger partial charge in [-0.05, 0) is 6.92 Å². The zero-order valence-electron chi connectivity index (χ0n) is 10.5. The Kier molecular flexibility index (Phi) is 4.52. The van der Waals surface area contributed by atoms with E-state index in [1.807, 2.05) is 0 Å². The second kappa shape index (κ2) is 5.72. The molecule has 1 amide bonds. The lowest BCUT2D eigenvalue weighted by Crippen LogP contribution is -2.31. The summed E-state index contributed by atoms with van der Waals surface area (Å²) < 4.78 is 38.0. The molecule has 6 nitrogen and oxygen atoms in total. The molecule has 0 saturated carbocycles. The molecule has 1 heterocycles. The standard InChI is InChI=1S/C10H14F3N5O/c1-3-15-7-4-8(18(2)5-6(14)19)17-9(16-7)10(11,12)13/h4H,3,5H2,1-2H3,(H2,14,19)(H,15,16,17). The number of aromatic nitrogens is 2. The monoisotopic (exact) mass is 277 g/mol. The molecule has 1 rings (SSSR count). The molecule has 19 heavy (non-hydrogen) atoms. The summed E-state index contributed by atoms with van der Waals surface area (Å²) in [6.45, 7) is 1.90. The number of nitrogens with zero attached hydrogens (tertiary/aromatic N) is 3. The fourth-order valence-corrected chi connectivity index (χ4v) is 1.34. The summed E-state index contributed by atoms with van der Waals surface area (Å²) in [6.07, 6.45) is -4.66. The highest BCUT2D eigenvalue weighted by Crippen LogP contribution is 2.28. The maximum Gasteiger partial charge on any atom is 0.451 e. The molecular formula is C10H14F3N5O. The first-order valence-electron chi connectivity index (χ1n) is 5.43. The number of rotatable bonds is 5. The number of halogens is 3. The van der Waals surface area contributed by atoms with Gasteiger partial charge < -0.3 is 16.0 Å². The van der Waals surface area contributed by atoms with Crippen molar-refractivity contribution in [2.45, 2.75) is 13.1 Å². The maximum atomic E-state index is 12.7. The number of nitrogens with two attached hydrogens (primary N) is 1. The van der Waals surface area contributed by atoms with Gasteiger partial charge in [0.05, 0.1) is 6.54 Å². The SMILES string of the molecule is CCNc1cc(N(C)CC(N)=O)nc(C(F)(F)F)n1. The quantitative estimate of drug-likeness (QED) is 0.833. The zero-order valence-corrected chi connectivity index (χ0v) is 10.5. The Hall–Kier alpha value is -2.06. The van der Waals surface area contributed by atoms with E-state index < -0.39 is 17.9 Å². The summed E-state index contributed by atoms with van der Waals surface area (Å²) in [6, 6.07) is 1.32. The predicted octanol–water partition coefficient (Wildman–Crippen LogP) is 0.849. The van der Waals surface area contributed by atoms with E-state index in [2.05, 4.69) is 15.3 Å². The fourth-order valence-electron chi connectivity index (χ4n) is 1.34. The highest BCUT2D eigenvalue weighted by Gasteiger charge is 2.35.